The molecule has 1 atom stereocenters. The van der Waals surface area contributed by atoms with Gasteiger partial charge in [0.15, 0.2) is 0 Å². The van der Waals surface area contributed by atoms with Gasteiger partial charge in [0.2, 0.25) is 0 Å². The molecule has 0 saturated heterocycles. The normalized spacial score (nSPS) is 20.6. The summed E-state index contributed by atoms with van der Waals surface area (Å²) in [4.78, 5) is 2.48. The lowest BCUT2D eigenvalue weighted by atomic mass is 10.2. The van der Waals surface area contributed by atoms with Crippen molar-refractivity contribution in [3.8, 4) is 0 Å². The zero-order chi connectivity index (χ0) is 14.5. The topological polar surface area (TPSA) is 0 Å². The molecule has 0 fully saturated rings. The largest absolute Gasteiger partial charge is 0.103 e. The Bertz CT molecular complexity index is 664. The van der Waals surface area contributed by atoms with Crippen LogP contribution in [-0.2, 0) is 0 Å². The molecule has 0 bridgehead atoms. The van der Waals surface area contributed by atoms with Crippen molar-refractivity contribution in [1.82, 2.24) is 0 Å². The van der Waals surface area contributed by atoms with Crippen molar-refractivity contribution < 1.29 is 0 Å². The van der Waals surface area contributed by atoms with Gasteiger partial charge in [0.05, 0.1) is 4.08 Å². The van der Waals surface area contributed by atoms with Gasteiger partial charge in [0, 0.05) is 14.8 Å². The Morgan fingerprint density at radius 1 is 0.857 bits per heavy atom. The molecule has 0 saturated carbocycles. The SMILES string of the molecule is Clc1cccc(SC2(Sc3ccccc3)C=CC=CC2)c1. The minimum atomic E-state index is -0.0131. The molecule has 0 N–H and O–H groups in total. The first-order valence-corrected chi connectivity index (χ1v) is 8.80. The van der Waals surface area contributed by atoms with Crippen molar-refractivity contribution in [2.75, 3.05) is 0 Å². The maximum absolute atomic E-state index is 6.12. The predicted octanol–water partition coefficient (Wildman–Crippen LogP) is 6.44. The van der Waals surface area contributed by atoms with Gasteiger partial charge < -0.3 is 0 Å². The molecule has 0 heterocycles. The molecule has 0 aromatic heterocycles. The molecule has 0 aliphatic heterocycles. The van der Waals surface area contributed by atoms with Crippen LogP contribution in [0.5, 0.6) is 0 Å². The van der Waals surface area contributed by atoms with Crippen molar-refractivity contribution >= 4 is 35.1 Å². The molecule has 1 aliphatic rings. The number of thioether (sulfide) groups is 2. The highest BCUT2D eigenvalue weighted by Gasteiger charge is 2.30. The number of rotatable bonds is 4. The highest BCUT2D eigenvalue weighted by atomic mass is 35.5. The fraction of sp³-hybridized carbons (Fsp3) is 0.111. The minimum Gasteiger partial charge on any atom is -0.103 e. The summed E-state index contributed by atoms with van der Waals surface area (Å²) in [5.41, 5.74) is 0. The van der Waals surface area contributed by atoms with Crippen LogP contribution >= 0.6 is 35.1 Å². The van der Waals surface area contributed by atoms with Crippen LogP contribution in [0.4, 0.5) is 0 Å². The van der Waals surface area contributed by atoms with Gasteiger partial charge in [0.25, 0.3) is 0 Å². The predicted molar refractivity (Wildman–Crippen MR) is 95.2 cm³/mol. The van der Waals surface area contributed by atoms with Crippen molar-refractivity contribution in [1.29, 1.82) is 0 Å². The quantitative estimate of drug-likeness (QED) is 0.592. The Balaban J connectivity index is 1.87. The minimum absolute atomic E-state index is 0.0131. The van der Waals surface area contributed by atoms with E-state index in [0.717, 1.165) is 11.4 Å². The van der Waals surface area contributed by atoms with Gasteiger partial charge in [-0.15, -0.1) is 23.5 Å². The van der Waals surface area contributed by atoms with Gasteiger partial charge in [-0.3, -0.25) is 0 Å². The first kappa shape index (κ1) is 14.8. The summed E-state index contributed by atoms with van der Waals surface area (Å²) >= 11 is 9.87. The lowest BCUT2D eigenvalue weighted by Gasteiger charge is -2.30. The second-order valence-electron chi connectivity index (χ2n) is 4.78. The fourth-order valence-corrected chi connectivity index (χ4v) is 5.25. The summed E-state index contributed by atoms with van der Waals surface area (Å²) in [6.07, 6.45) is 9.77. The average Bonchev–Trinajstić information content (AvgIpc) is 2.49. The summed E-state index contributed by atoms with van der Waals surface area (Å²) in [7, 11) is 0. The summed E-state index contributed by atoms with van der Waals surface area (Å²) in [6, 6.07) is 18.6. The Kier molecular flexibility index (Phi) is 4.79. The zero-order valence-corrected chi connectivity index (χ0v) is 13.8. The Morgan fingerprint density at radius 2 is 1.62 bits per heavy atom. The van der Waals surface area contributed by atoms with E-state index in [0.29, 0.717) is 0 Å². The molecule has 0 nitrogen and oxygen atoms in total. The Morgan fingerprint density at radius 3 is 2.33 bits per heavy atom. The van der Waals surface area contributed by atoms with Crippen molar-refractivity contribution in [3.05, 3.63) is 83.9 Å². The van der Waals surface area contributed by atoms with Crippen LogP contribution in [0.1, 0.15) is 6.42 Å². The molecule has 2 aromatic rings. The second-order valence-corrected chi connectivity index (χ2v) is 8.28. The van der Waals surface area contributed by atoms with Gasteiger partial charge in [0.1, 0.15) is 0 Å². The first-order valence-electron chi connectivity index (χ1n) is 6.79. The number of benzene rings is 2. The molecular weight excluding hydrogens is 316 g/mol. The van der Waals surface area contributed by atoms with Crippen LogP contribution in [0, 0.1) is 0 Å². The van der Waals surface area contributed by atoms with Crippen LogP contribution in [0.2, 0.25) is 5.02 Å². The highest BCUT2D eigenvalue weighted by molar-refractivity contribution is 8.18. The van der Waals surface area contributed by atoms with Crippen LogP contribution in [0.3, 0.4) is 0 Å². The molecule has 1 aliphatic carbocycles. The smallest absolute Gasteiger partial charge is 0.0921 e. The lowest BCUT2D eigenvalue weighted by molar-refractivity contribution is 0.984. The lowest BCUT2D eigenvalue weighted by Crippen LogP contribution is -2.17. The van der Waals surface area contributed by atoms with Crippen molar-refractivity contribution in [2.45, 2.75) is 20.3 Å². The number of allylic oxidation sites excluding steroid dienone is 3. The van der Waals surface area contributed by atoms with E-state index in [9.17, 15) is 0 Å². The fourth-order valence-electron chi connectivity index (χ4n) is 2.17. The Hall–Kier alpha value is -1.09. The van der Waals surface area contributed by atoms with E-state index >= 15 is 0 Å². The van der Waals surface area contributed by atoms with E-state index in [4.69, 9.17) is 11.6 Å². The van der Waals surface area contributed by atoms with E-state index in [2.05, 4.69) is 60.7 Å². The molecular formula is C18H15ClS2. The van der Waals surface area contributed by atoms with Gasteiger partial charge in [-0.2, -0.15) is 0 Å². The molecule has 0 amide bonds. The van der Waals surface area contributed by atoms with E-state index in [-0.39, 0.29) is 4.08 Å². The molecule has 3 rings (SSSR count). The average molecular weight is 331 g/mol. The number of halogens is 1. The number of hydrogen-bond acceptors (Lipinski definition) is 2. The first-order chi connectivity index (χ1) is 10.3. The van der Waals surface area contributed by atoms with Gasteiger partial charge in [-0.05, 0) is 36.8 Å². The third-order valence-corrected chi connectivity index (χ3v) is 6.15. The third kappa shape index (κ3) is 3.97. The van der Waals surface area contributed by atoms with Crippen LogP contribution < -0.4 is 0 Å². The molecule has 21 heavy (non-hydrogen) atoms. The molecule has 3 heteroatoms. The van der Waals surface area contributed by atoms with E-state index in [1.54, 1.807) is 0 Å². The molecule has 1 unspecified atom stereocenters. The van der Waals surface area contributed by atoms with Crippen molar-refractivity contribution in [2.24, 2.45) is 0 Å². The molecule has 106 valence electrons. The Labute approximate surface area is 139 Å². The van der Waals surface area contributed by atoms with Gasteiger partial charge in [-0.1, -0.05) is 60.2 Å². The van der Waals surface area contributed by atoms with E-state index < -0.39 is 0 Å². The highest BCUT2D eigenvalue weighted by Crippen LogP contribution is 2.50. The summed E-state index contributed by atoms with van der Waals surface area (Å²) in [5.74, 6) is 0. The monoisotopic (exact) mass is 330 g/mol. The van der Waals surface area contributed by atoms with Crippen LogP contribution in [0.25, 0.3) is 0 Å². The maximum Gasteiger partial charge on any atom is 0.0921 e. The van der Waals surface area contributed by atoms with Crippen LogP contribution in [-0.4, -0.2) is 4.08 Å². The van der Waals surface area contributed by atoms with Gasteiger partial charge >= 0.3 is 0 Å². The molecule has 2 aromatic carbocycles. The van der Waals surface area contributed by atoms with Crippen LogP contribution in [0.15, 0.2) is 88.7 Å². The maximum atomic E-state index is 6.12. The molecule has 0 radical (unpaired) electrons. The van der Waals surface area contributed by atoms with Crippen molar-refractivity contribution in [3.63, 3.8) is 0 Å². The summed E-state index contributed by atoms with van der Waals surface area (Å²) in [5, 5.41) is 0.787. The second kappa shape index (κ2) is 6.78. The zero-order valence-electron chi connectivity index (χ0n) is 11.4. The van der Waals surface area contributed by atoms with Gasteiger partial charge in [-0.25, -0.2) is 0 Å². The summed E-state index contributed by atoms with van der Waals surface area (Å²) < 4.78 is -0.0131. The number of hydrogen-bond donors (Lipinski definition) is 0. The standard InChI is InChI=1S/C18H15ClS2/c19-15-8-7-11-17(14-15)21-18(12-5-2-6-13-18)20-16-9-3-1-4-10-16/h1-12,14H,13H2. The third-order valence-electron chi connectivity index (χ3n) is 3.12. The van der Waals surface area contributed by atoms with E-state index in [1.807, 2.05) is 41.7 Å². The van der Waals surface area contributed by atoms with E-state index in [1.165, 1.54) is 9.79 Å². The summed E-state index contributed by atoms with van der Waals surface area (Å²) in [6.45, 7) is 0. The molecule has 0 spiro atoms.